The summed E-state index contributed by atoms with van der Waals surface area (Å²) in [6.07, 6.45) is 4.94. The summed E-state index contributed by atoms with van der Waals surface area (Å²) < 4.78 is 33.6. The van der Waals surface area contributed by atoms with Gasteiger partial charge < -0.3 is 15.4 Å². The number of nitrogens with zero attached hydrogens (tertiary/aromatic N) is 3. The van der Waals surface area contributed by atoms with E-state index in [0.717, 1.165) is 5.56 Å². The second-order valence-electron chi connectivity index (χ2n) is 7.04. The zero-order chi connectivity index (χ0) is 20.9. The van der Waals surface area contributed by atoms with E-state index in [1.54, 1.807) is 23.1 Å². The summed E-state index contributed by atoms with van der Waals surface area (Å²) in [5, 5.41) is 9.38. The Balaban J connectivity index is 1.64. The first-order valence-electron chi connectivity index (χ1n) is 9.30. The van der Waals surface area contributed by atoms with Crippen molar-refractivity contribution in [1.82, 2.24) is 20.1 Å². The summed E-state index contributed by atoms with van der Waals surface area (Å²) in [6, 6.07) is 2.77. The van der Waals surface area contributed by atoms with Crippen LogP contribution in [-0.2, 0) is 16.1 Å². The lowest BCUT2D eigenvalue weighted by Crippen LogP contribution is -2.47. The molecule has 8 nitrogen and oxygen atoms in total. The molecule has 0 saturated heterocycles. The second kappa shape index (κ2) is 8.97. The number of ether oxygens (including phenoxy) is 1. The number of carbonyl (C=O) groups is 2. The van der Waals surface area contributed by atoms with Crippen LogP contribution in [0.2, 0.25) is 0 Å². The van der Waals surface area contributed by atoms with E-state index in [1.807, 2.05) is 6.07 Å². The van der Waals surface area contributed by atoms with Crippen LogP contribution in [0, 0.1) is 5.92 Å². The number of halogens is 2. The van der Waals surface area contributed by atoms with Gasteiger partial charge in [0.05, 0.1) is 25.5 Å². The quantitative estimate of drug-likeness (QED) is 0.654. The molecule has 1 aliphatic carbocycles. The first-order chi connectivity index (χ1) is 13.9. The molecule has 0 aliphatic heterocycles. The van der Waals surface area contributed by atoms with E-state index in [1.165, 1.54) is 13.3 Å². The highest BCUT2D eigenvalue weighted by Crippen LogP contribution is 2.37. The van der Waals surface area contributed by atoms with Gasteiger partial charge in [-0.25, -0.2) is 13.8 Å². The number of alkyl halides is 2. The lowest BCUT2D eigenvalue weighted by atomic mass is 9.81. The Labute approximate surface area is 166 Å². The molecule has 1 saturated carbocycles. The van der Waals surface area contributed by atoms with Crippen molar-refractivity contribution in [2.45, 2.75) is 44.2 Å². The van der Waals surface area contributed by atoms with Gasteiger partial charge in [-0.3, -0.25) is 14.3 Å². The van der Waals surface area contributed by atoms with Crippen LogP contribution in [0.4, 0.5) is 14.5 Å². The molecule has 2 N–H and O–H groups in total. The smallest absolute Gasteiger partial charge is 0.248 e. The van der Waals surface area contributed by atoms with E-state index in [4.69, 9.17) is 4.74 Å². The van der Waals surface area contributed by atoms with Crippen LogP contribution in [0.3, 0.4) is 0 Å². The fraction of sp³-hybridized carbons (Fsp3) is 0.474. The van der Waals surface area contributed by atoms with Crippen LogP contribution in [0.1, 0.15) is 31.2 Å². The van der Waals surface area contributed by atoms with E-state index < -0.39 is 17.9 Å². The van der Waals surface area contributed by atoms with Gasteiger partial charge in [0, 0.05) is 30.8 Å². The molecule has 0 radical (unpaired) electrons. The highest BCUT2D eigenvalue weighted by atomic mass is 19.3. The summed E-state index contributed by atoms with van der Waals surface area (Å²) >= 11 is 0. The number of aromatic nitrogens is 3. The molecule has 1 aliphatic rings. The van der Waals surface area contributed by atoms with E-state index in [0.29, 0.717) is 24.5 Å². The molecule has 2 aromatic heterocycles. The number of nitrogens with one attached hydrogen (secondary N) is 2. The van der Waals surface area contributed by atoms with Crippen LogP contribution >= 0.6 is 0 Å². The van der Waals surface area contributed by atoms with Crippen molar-refractivity contribution in [3.8, 4) is 5.88 Å². The van der Waals surface area contributed by atoms with Crippen LogP contribution in [0.15, 0.2) is 30.7 Å². The van der Waals surface area contributed by atoms with Gasteiger partial charge >= 0.3 is 0 Å². The molecule has 156 valence electrons. The third-order valence-corrected chi connectivity index (χ3v) is 5.04. The monoisotopic (exact) mass is 407 g/mol. The van der Waals surface area contributed by atoms with Gasteiger partial charge in [0.2, 0.25) is 24.1 Å². The van der Waals surface area contributed by atoms with Crippen molar-refractivity contribution in [2.75, 3.05) is 12.4 Å². The minimum Gasteiger partial charge on any atom is -0.481 e. The number of carbonyl (C=O) groups excluding carboxylic acids is 2. The fourth-order valence-electron chi connectivity index (χ4n) is 3.53. The maximum Gasteiger partial charge on any atom is 0.248 e. The molecule has 29 heavy (non-hydrogen) atoms. The predicted octanol–water partition coefficient (Wildman–Crippen LogP) is 2.21. The molecule has 2 heterocycles. The Morgan fingerprint density at radius 2 is 2.21 bits per heavy atom. The van der Waals surface area contributed by atoms with E-state index >= 15 is 0 Å². The molecule has 0 spiro atoms. The van der Waals surface area contributed by atoms with Crippen molar-refractivity contribution in [3.63, 3.8) is 0 Å². The summed E-state index contributed by atoms with van der Waals surface area (Å²) in [7, 11) is 1.53. The molecule has 2 aromatic rings. The number of amides is 2. The molecule has 0 aromatic carbocycles. The van der Waals surface area contributed by atoms with Gasteiger partial charge in [-0.1, -0.05) is 6.07 Å². The van der Waals surface area contributed by atoms with Crippen molar-refractivity contribution in [2.24, 2.45) is 5.92 Å². The van der Waals surface area contributed by atoms with Crippen molar-refractivity contribution in [3.05, 3.63) is 36.3 Å². The third kappa shape index (κ3) is 5.27. The maximum atomic E-state index is 13.4. The number of pyridine rings is 1. The number of rotatable bonds is 8. The summed E-state index contributed by atoms with van der Waals surface area (Å²) in [4.78, 5) is 27.7. The van der Waals surface area contributed by atoms with Crippen LogP contribution in [-0.4, -0.2) is 46.2 Å². The van der Waals surface area contributed by atoms with Gasteiger partial charge in [0.1, 0.15) is 6.04 Å². The fourth-order valence-corrected chi connectivity index (χ4v) is 3.53. The minimum absolute atomic E-state index is 0.173. The average molecular weight is 407 g/mol. The lowest BCUT2D eigenvalue weighted by molar-refractivity contribution is -0.124. The predicted molar refractivity (Wildman–Crippen MR) is 101 cm³/mol. The third-order valence-electron chi connectivity index (χ3n) is 5.04. The highest BCUT2D eigenvalue weighted by molar-refractivity contribution is 5.95. The average Bonchev–Trinajstić information content (AvgIpc) is 3.13. The van der Waals surface area contributed by atoms with E-state index in [-0.39, 0.29) is 31.6 Å². The first kappa shape index (κ1) is 20.7. The molecule has 1 atom stereocenters. The molecular formula is C19H23F2N5O3. The Morgan fingerprint density at radius 1 is 1.45 bits per heavy atom. The largest absolute Gasteiger partial charge is 0.481 e. The van der Waals surface area contributed by atoms with Gasteiger partial charge in [0.25, 0.3) is 0 Å². The molecular weight excluding hydrogens is 384 g/mol. The van der Waals surface area contributed by atoms with Gasteiger partial charge in [-0.2, -0.15) is 5.10 Å². The van der Waals surface area contributed by atoms with Crippen molar-refractivity contribution >= 4 is 18.0 Å². The Hall–Kier alpha value is -3.04. The molecule has 10 heteroatoms. The number of hydrogen-bond acceptors (Lipinski definition) is 5. The highest BCUT2D eigenvalue weighted by Gasteiger charge is 2.39. The minimum atomic E-state index is -2.70. The van der Waals surface area contributed by atoms with Gasteiger partial charge in [-0.15, -0.1) is 0 Å². The standard InChI is InChI=1S/C19H23F2N5O3/c1-29-18-14(3-2-8-22-18)10-26-11-15(9-24-26)25-17(28)16(23-12-27)13-4-6-19(20,21)7-5-13/h2-3,8-9,11-13,16H,4-7,10H2,1H3,(H,23,27)(H,25,28). The first-order valence-corrected chi connectivity index (χ1v) is 9.30. The molecule has 0 bridgehead atoms. The second-order valence-corrected chi connectivity index (χ2v) is 7.04. The summed E-state index contributed by atoms with van der Waals surface area (Å²) in [6.45, 7) is 0.389. The molecule has 1 fully saturated rings. The Morgan fingerprint density at radius 3 is 2.90 bits per heavy atom. The molecule has 2 amide bonds. The zero-order valence-electron chi connectivity index (χ0n) is 16.0. The normalized spacial score (nSPS) is 17.3. The number of methoxy groups -OCH3 is 1. The Bertz CT molecular complexity index is 848. The number of anilines is 1. The van der Waals surface area contributed by atoms with Crippen LogP contribution in [0.25, 0.3) is 0 Å². The SMILES string of the molecule is COc1ncccc1Cn1cc(NC(=O)C(NC=O)C2CCC(F)(F)CC2)cn1. The Kier molecular flexibility index (Phi) is 6.40. The molecule has 1 unspecified atom stereocenters. The summed E-state index contributed by atoms with van der Waals surface area (Å²) in [5.41, 5.74) is 1.26. The van der Waals surface area contributed by atoms with Crippen LogP contribution in [0.5, 0.6) is 5.88 Å². The topological polar surface area (TPSA) is 98.1 Å². The summed E-state index contributed by atoms with van der Waals surface area (Å²) in [5.74, 6) is -3.01. The number of hydrogen-bond donors (Lipinski definition) is 2. The lowest BCUT2D eigenvalue weighted by Gasteiger charge is -2.32. The van der Waals surface area contributed by atoms with E-state index in [2.05, 4.69) is 20.7 Å². The van der Waals surface area contributed by atoms with E-state index in [9.17, 15) is 18.4 Å². The van der Waals surface area contributed by atoms with Crippen molar-refractivity contribution in [1.29, 1.82) is 0 Å². The van der Waals surface area contributed by atoms with Crippen LogP contribution < -0.4 is 15.4 Å². The van der Waals surface area contributed by atoms with Crippen molar-refractivity contribution < 1.29 is 23.1 Å². The maximum absolute atomic E-state index is 13.4. The molecule has 3 rings (SSSR count). The van der Waals surface area contributed by atoms with Gasteiger partial charge in [0.15, 0.2) is 0 Å². The van der Waals surface area contributed by atoms with Gasteiger partial charge in [-0.05, 0) is 24.8 Å². The zero-order valence-corrected chi connectivity index (χ0v) is 16.0.